The standard InChI is InChI=1S/C12H18F2N2O3S/c1-10(3-12(13,14)4-10)9(17)15-5-11(6-15)7-16(8-11)20(2,18)19/h3-8H2,1-2H3. The van der Waals surface area contributed by atoms with Crippen molar-refractivity contribution in [2.45, 2.75) is 25.7 Å². The molecule has 0 N–H and O–H groups in total. The Balaban J connectivity index is 1.54. The van der Waals surface area contributed by atoms with Crippen molar-refractivity contribution < 1.29 is 22.0 Å². The van der Waals surface area contributed by atoms with Gasteiger partial charge in [0.1, 0.15) is 0 Å². The van der Waals surface area contributed by atoms with E-state index in [1.807, 2.05) is 0 Å². The van der Waals surface area contributed by atoms with Gasteiger partial charge in [-0.05, 0) is 0 Å². The summed E-state index contributed by atoms with van der Waals surface area (Å²) in [4.78, 5) is 13.8. The Morgan fingerprint density at radius 1 is 1.10 bits per heavy atom. The molecule has 1 amide bonds. The summed E-state index contributed by atoms with van der Waals surface area (Å²) in [6, 6.07) is 0. The predicted molar refractivity (Wildman–Crippen MR) is 67.7 cm³/mol. The van der Waals surface area contributed by atoms with Gasteiger partial charge in [0.2, 0.25) is 21.9 Å². The third kappa shape index (κ3) is 2.04. The van der Waals surface area contributed by atoms with Crippen LogP contribution in [0.25, 0.3) is 0 Å². The number of halogens is 2. The topological polar surface area (TPSA) is 57.7 Å². The van der Waals surface area contributed by atoms with E-state index < -0.39 is 21.4 Å². The minimum atomic E-state index is -3.16. The van der Waals surface area contributed by atoms with Crippen molar-refractivity contribution in [1.29, 1.82) is 0 Å². The van der Waals surface area contributed by atoms with Crippen molar-refractivity contribution in [3.63, 3.8) is 0 Å². The molecule has 8 heteroatoms. The Morgan fingerprint density at radius 2 is 1.60 bits per heavy atom. The first-order chi connectivity index (χ1) is 8.95. The predicted octanol–water partition coefficient (Wildman–Crippen LogP) is 0.526. The second-order valence-electron chi connectivity index (χ2n) is 6.96. The minimum absolute atomic E-state index is 0.138. The molecule has 0 aromatic heterocycles. The van der Waals surface area contributed by atoms with E-state index in [1.165, 1.54) is 10.6 Å². The highest BCUT2D eigenvalue weighted by Crippen LogP contribution is 2.54. The zero-order chi connectivity index (χ0) is 15.0. The number of nitrogens with zero attached hydrogens (tertiary/aromatic N) is 2. The maximum Gasteiger partial charge on any atom is 0.250 e. The van der Waals surface area contributed by atoms with Crippen LogP contribution in [0.3, 0.4) is 0 Å². The molecule has 2 heterocycles. The molecule has 2 aliphatic heterocycles. The van der Waals surface area contributed by atoms with Crippen LogP contribution in [0.15, 0.2) is 0 Å². The molecular formula is C12H18F2N2O3S. The van der Waals surface area contributed by atoms with Crippen LogP contribution in [0.4, 0.5) is 8.78 Å². The van der Waals surface area contributed by atoms with Gasteiger partial charge in [0, 0.05) is 44.4 Å². The zero-order valence-corrected chi connectivity index (χ0v) is 12.3. The summed E-state index contributed by atoms with van der Waals surface area (Å²) in [6.07, 6.45) is 0.411. The molecule has 1 saturated carbocycles. The molecule has 0 unspecified atom stereocenters. The second-order valence-corrected chi connectivity index (χ2v) is 8.94. The number of sulfonamides is 1. The smallest absolute Gasteiger partial charge is 0.250 e. The van der Waals surface area contributed by atoms with Crippen LogP contribution in [0, 0.1) is 10.8 Å². The lowest BCUT2D eigenvalue weighted by Crippen LogP contribution is -2.75. The van der Waals surface area contributed by atoms with Gasteiger partial charge >= 0.3 is 0 Å². The summed E-state index contributed by atoms with van der Waals surface area (Å²) in [6.45, 7) is 3.42. The third-order valence-electron chi connectivity index (χ3n) is 4.65. The van der Waals surface area contributed by atoms with Crippen LogP contribution in [-0.4, -0.2) is 61.9 Å². The zero-order valence-electron chi connectivity index (χ0n) is 11.5. The SMILES string of the molecule is CC1(C(=O)N2CC3(C2)CN(S(C)(=O)=O)C3)CC(F)(F)C1. The molecule has 1 aliphatic carbocycles. The third-order valence-corrected chi connectivity index (χ3v) is 5.84. The lowest BCUT2D eigenvalue weighted by atomic mass is 9.64. The van der Waals surface area contributed by atoms with Gasteiger partial charge in [-0.15, -0.1) is 0 Å². The Hall–Kier alpha value is -0.760. The number of rotatable bonds is 2. The number of amides is 1. The van der Waals surface area contributed by atoms with E-state index in [0.29, 0.717) is 26.2 Å². The summed E-state index contributed by atoms with van der Waals surface area (Å²) >= 11 is 0. The Morgan fingerprint density at radius 3 is 2.00 bits per heavy atom. The van der Waals surface area contributed by atoms with E-state index >= 15 is 0 Å². The molecule has 114 valence electrons. The summed E-state index contributed by atoms with van der Waals surface area (Å²) in [5.41, 5.74) is -1.08. The van der Waals surface area contributed by atoms with E-state index in [1.54, 1.807) is 11.8 Å². The first-order valence-electron chi connectivity index (χ1n) is 6.57. The van der Waals surface area contributed by atoms with Crippen LogP contribution in [0.5, 0.6) is 0 Å². The molecule has 0 radical (unpaired) electrons. The number of hydrogen-bond donors (Lipinski definition) is 0. The van der Waals surface area contributed by atoms with Crippen LogP contribution in [0.1, 0.15) is 19.8 Å². The number of carbonyl (C=O) groups excluding carboxylic acids is 1. The van der Waals surface area contributed by atoms with E-state index in [-0.39, 0.29) is 24.2 Å². The van der Waals surface area contributed by atoms with Crippen molar-refractivity contribution >= 4 is 15.9 Å². The van der Waals surface area contributed by atoms with Crippen molar-refractivity contribution in [3.8, 4) is 0 Å². The highest BCUT2D eigenvalue weighted by atomic mass is 32.2. The molecule has 3 rings (SSSR count). The fraction of sp³-hybridized carbons (Fsp3) is 0.917. The highest BCUT2D eigenvalue weighted by Gasteiger charge is 2.62. The van der Waals surface area contributed by atoms with Gasteiger partial charge in [0.15, 0.2) is 0 Å². The molecule has 0 aromatic rings. The van der Waals surface area contributed by atoms with E-state index in [2.05, 4.69) is 0 Å². The van der Waals surface area contributed by atoms with Crippen molar-refractivity contribution in [2.75, 3.05) is 32.4 Å². The van der Waals surface area contributed by atoms with Crippen molar-refractivity contribution in [1.82, 2.24) is 9.21 Å². The molecule has 3 aliphatic rings. The maximum absolute atomic E-state index is 12.9. The van der Waals surface area contributed by atoms with E-state index in [4.69, 9.17) is 0 Å². The average Bonchev–Trinajstić information content (AvgIpc) is 2.06. The van der Waals surface area contributed by atoms with Gasteiger partial charge in [0.25, 0.3) is 0 Å². The molecule has 5 nitrogen and oxygen atoms in total. The molecular weight excluding hydrogens is 290 g/mol. The summed E-state index contributed by atoms with van der Waals surface area (Å²) < 4.78 is 49.9. The molecule has 20 heavy (non-hydrogen) atoms. The molecule has 3 fully saturated rings. The van der Waals surface area contributed by atoms with E-state index in [9.17, 15) is 22.0 Å². The van der Waals surface area contributed by atoms with Crippen LogP contribution in [0.2, 0.25) is 0 Å². The quantitative estimate of drug-likeness (QED) is 0.747. The van der Waals surface area contributed by atoms with Gasteiger partial charge in [-0.3, -0.25) is 4.79 Å². The number of likely N-dealkylation sites (tertiary alicyclic amines) is 1. The van der Waals surface area contributed by atoms with Crippen molar-refractivity contribution in [2.24, 2.45) is 10.8 Å². The van der Waals surface area contributed by atoms with E-state index in [0.717, 1.165) is 0 Å². The largest absolute Gasteiger partial charge is 0.341 e. The summed E-state index contributed by atoms with van der Waals surface area (Å²) in [5, 5.41) is 0. The Kier molecular flexibility index (Phi) is 2.63. The first-order valence-corrected chi connectivity index (χ1v) is 8.42. The van der Waals surface area contributed by atoms with Crippen molar-refractivity contribution in [3.05, 3.63) is 0 Å². The fourth-order valence-corrected chi connectivity index (χ4v) is 4.68. The number of alkyl halides is 2. The molecule has 0 aromatic carbocycles. The normalized spacial score (nSPS) is 30.3. The monoisotopic (exact) mass is 308 g/mol. The highest BCUT2D eigenvalue weighted by molar-refractivity contribution is 7.88. The number of carbonyl (C=O) groups is 1. The number of hydrogen-bond acceptors (Lipinski definition) is 3. The molecule has 1 spiro atoms. The fourth-order valence-electron chi connectivity index (χ4n) is 3.67. The van der Waals surface area contributed by atoms with Gasteiger partial charge in [-0.2, -0.15) is 0 Å². The Bertz CT molecular complexity index is 553. The van der Waals surface area contributed by atoms with Gasteiger partial charge in [0.05, 0.1) is 11.7 Å². The second kappa shape index (κ2) is 3.71. The summed E-state index contributed by atoms with van der Waals surface area (Å²) in [7, 11) is -3.16. The first kappa shape index (κ1) is 14.2. The van der Waals surface area contributed by atoms with Gasteiger partial charge in [-0.1, -0.05) is 6.92 Å². The van der Waals surface area contributed by atoms with Gasteiger partial charge < -0.3 is 4.90 Å². The van der Waals surface area contributed by atoms with Crippen LogP contribution in [-0.2, 0) is 14.8 Å². The maximum atomic E-state index is 12.9. The van der Waals surface area contributed by atoms with Crippen LogP contribution >= 0.6 is 0 Å². The molecule has 0 bridgehead atoms. The Labute approximate surface area is 117 Å². The summed E-state index contributed by atoms with van der Waals surface area (Å²) in [5.74, 6) is -2.93. The molecule has 0 atom stereocenters. The van der Waals surface area contributed by atoms with Gasteiger partial charge in [-0.25, -0.2) is 21.5 Å². The lowest BCUT2D eigenvalue weighted by Gasteiger charge is -2.61. The average molecular weight is 308 g/mol. The minimum Gasteiger partial charge on any atom is -0.341 e. The van der Waals surface area contributed by atoms with Crippen LogP contribution < -0.4 is 0 Å². The molecule has 2 saturated heterocycles. The lowest BCUT2D eigenvalue weighted by molar-refractivity contribution is -0.196.